The molecule has 0 amide bonds. The molecule has 0 aliphatic carbocycles. The van der Waals surface area contributed by atoms with Crippen molar-refractivity contribution >= 4 is 15.9 Å². The Hall–Kier alpha value is -1.33. The molecule has 1 aromatic heterocycles. The van der Waals surface area contributed by atoms with Gasteiger partial charge in [0.25, 0.3) is 0 Å². The van der Waals surface area contributed by atoms with Crippen LogP contribution >= 0.6 is 15.9 Å². The number of hydrogen-bond acceptors (Lipinski definition) is 3. The first kappa shape index (κ1) is 11.7. The summed E-state index contributed by atoms with van der Waals surface area (Å²) in [6.07, 6.45) is 2.75. The Kier molecular flexibility index (Phi) is 3.34. The normalized spacial score (nSPS) is 18.2. The average molecular weight is 308 g/mol. The van der Waals surface area contributed by atoms with Crippen LogP contribution in [0.25, 0.3) is 0 Å². The number of aromatic amines is 1. The molecule has 1 aliphatic rings. The standard InChI is InChI=1S/C13H14BrN3O/c14-11-3-1-2-10-12(5-7-18-13(10)11)15-8-9-4-6-16-17-9/h1-4,6,12,15H,5,7-8H2,(H,16,17)/t12-/m1/s1. The number of ether oxygens (including phenoxy) is 1. The van der Waals surface area contributed by atoms with Gasteiger partial charge in [-0.1, -0.05) is 12.1 Å². The van der Waals surface area contributed by atoms with Crippen LogP contribution < -0.4 is 10.1 Å². The zero-order valence-corrected chi connectivity index (χ0v) is 11.4. The summed E-state index contributed by atoms with van der Waals surface area (Å²) in [5.41, 5.74) is 2.31. The fraction of sp³-hybridized carbons (Fsp3) is 0.308. The lowest BCUT2D eigenvalue weighted by atomic mass is 10.0. The fourth-order valence-electron chi connectivity index (χ4n) is 2.21. The minimum Gasteiger partial charge on any atom is -0.492 e. The third-order valence-electron chi connectivity index (χ3n) is 3.12. The fourth-order valence-corrected chi connectivity index (χ4v) is 2.71. The summed E-state index contributed by atoms with van der Waals surface area (Å²) in [6.45, 7) is 1.53. The Labute approximate surface area is 114 Å². The monoisotopic (exact) mass is 307 g/mol. The molecule has 0 saturated heterocycles. The SMILES string of the molecule is Brc1cccc2c1OCC[C@H]2NCc1ccn[nH]1. The highest BCUT2D eigenvalue weighted by molar-refractivity contribution is 9.10. The summed E-state index contributed by atoms with van der Waals surface area (Å²) >= 11 is 3.53. The van der Waals surface area contributed by atoms with E-state index in [-0.39, 0.29) is 0 Å². The quantitative estimate of drug-likeness (QED) is 0.917. The van der Waals surface area contributed by atoms with Crippen molar-refractivity contribution in [1.29, 1.82) is 0 Å². The summed E-state index contributed by atoms with van der Waals surface area (Å²) in [7, 11) is 0. The number of hydrogen-bond donors (Lipinski definition) is 2. The number of halogens is 1. The lowest BCUT2D eigenvalue weighted by Crippen LogP contribution is -2.27. The molecular formula is C13H14BrN3O. The van der Waals surface area contributed by atoms with Gasteiger partial charge in [-0.15, -0.1) is 0 Å². The maximum absolute atomic E-state index is 5.71. The number of nitrogens with zero attached hydrogens (tertiary/aromatic N) is 1. The van der Waals surface area contributed by atoms with Gasteiger partial charge in [-0.3, -0.25) is 5.10 Å². The molecule has 0 spiro atoms. The average Bonchev–Trinajstić information content (AvgIpc) is 2.90. The number of H-pyrrole nitrogens is 1. The first-order valence-electron chi connectivity index (χ1n) is 5.97. The molecule has 2 heterocycles. The minimum absolute atomic E-state index is 0.328. The highest BCUT2D eigenvalue weighted by Crippen LogP contribution is 2.37. The third-order valence-corrected chi connectivity index (χ3v) is 3.75. The molecule has 5 heteroatoms. The van der Waals surface area contributed by atoms with Crippen molar-refractivity contribution in [3.05, 3.63) is 46.2 Å². The predicted molar refractivity (Wildman–Crippen MR) is 72.4 cm³/mol. The number of nitrogens with one attached hydrogen (secondary N) is 2. The molecule has 0 radical (unpaired) electrons. The van der Waals surface area contributed by atoms with Gasteiger partial charge in [-0.05, 0) is 28.1 Å². The van der Waals surface area contributed by atoms with Crippen molar-refractivity contribution in [1.82, 2.24) is 15.5 Å². The van der Waals surface area contributed by atoms with Crippen molar-refractivity contribution in [3.63, 3.8) is 0 Å². The first-order chi connectivity index (χ1) is 8.84. The molecule has 4 nitrogen and oxygen atoms in total. The Morgan fingerprint density at radius 3 is 3.22 bits per heavy atom. The van der Waals surface area contributed by atoms with Crippen LogP contribution in [0.15, 0.2) is 34.9 Å². The van der Waals surface area contributed by atoms with Crippen LogP contribution in [0.5, 0.6) is 5.75 Å². The smallest absolute Gasteiger partial charge is 0.138 e. The van der Waals surface area contributed by atoms with Crippen molar-refractivity contribution in [2.45, 2.75) is 19.0 Å². The van der Waals surface area contributed by atoms with E-state index in [1.807, 2.05) is 18.2 Å². The highest BCUT2D eigenvalue weighted by atomic mass is 79.9. The summed E-state index contributed by atoms with van der Waals surface area (Å²) in [5.74, 6) is 0.964. The van der Waals surface area contributed by atoms with Crippen LogP contribution in [0.4, 0.5) is 0 Å². The lowest BCUT2D eigenvalue weighted by Gasteiger charge is -2.27. The van der Waals surface area contributed by atoms with Gasteiger partial charge >= 0.3 is 0 Å². The van der Waals surface area contributed by atoms with E-state index in [0.717, 1.165) is 35.5 Å². The van der Waals surface area contributed by atoms with Gasteiger partial charge in [0.2, 0.25) is 0 Å². The second-order valence-corrected chi connectivity index (χ2v) is 5.17. The van der Waals surface area contributed by atoms with Crippen LogP contribution in [0, 0.1) is 0 Å². The highest BCUT2D eigenvalue weighted by Gasteiger charge is 2.22. The van der Waals surface area contributed by atoms with E-state index in [2.05, 4.69) is 37.5 Å². The molecule has 94 valence electrons. The number of rotatable bonds is 3. The van der Waals surface area contributed by atoms with E-state index in [4.69, 9.17) is 4.74 Å². The molecule has 0 bridgehead atoms. The van der Waals surface area contributed by atoms with E-state index < -0.39 is 0 Å². The van der Waals surface area contributed by atoms with Crippen molar-refractivity contribution in [3.8, 4) is 5.75 Å². The molecule has 1 aromatic carbocycles. The molecule has 0 saturated carbocycles. The topological polar surface area (TPSA) is 49.9 Å². The summed E-state index contributed by atoms with van der Waals surface area (Å²) in [5, 5.41) is 10.4. The van der Waals surface area contributed by atoms with Crippen LogP contribution in [0.3, 0.4) is 0 Å². The second-order valence-electron chi connectivity index (χ2n) is 4.31. The van der Waals surface area contributed by atoms with Crippen LogP contribution in [0.2, 0.25) is 0 Å². The Bertz CT molecular complexity index is 527. The zero-order chi connectivity index (χ0) is 12.4. The van der Waals surface area contributed by atoms with Crippen LogP contribution in [0.1, 0.15) is 23.7 Å². The summed E-state index contributed by atoms with van der Waals surface area (Å²) < 4.78 is 6.74. The first-order valence-corrected chi connectivity index (χ1v) is 6.77. The molecule has 2 N–H and O–H groups in total. The molecule has 18 heavy (non-hydrogen) atoms. The minimum atomic E-state index is 0.328. The lowest BCUT2D eigenvalue weighted by molar-refractivity contribution is 0.250. The van der Waals surface area contributed by atoms with Gasteiger partial charge in [0, 0.05) is 36.5 Å². The molecule has 1 aliphatic heterocycles. The van der Waals surface area contributed by atoms with Crippen LogP contribution in [-0.2, 0) is 6.54 Å². The number of para-hydroxylation sites is 1. The molecule has 3 rings (SSSR count). The van der Waals surface area contributed by atoms with E-state index >= 15 is 0 Å². The molecular weight excluding hydrogens is 294 g/mol. The maximum atomic E-state index is 5.71. The molecule has 1 atom stereocenters. The predicted octanol–water partition coefficient (Wildman–Crippen LogP) is 2.79. The molecule has 2 aromatic rings. The van der Waals surface area contributed by atoms with Gasteiger partial charge < -0.3 is 10.1 Å². The van der Waals surface area contributed by atoms with E-state index in [1.165, 1.54) is 5.56 Å². The maximum Gasteiger partial charge on any atom is 0.138 e. The van der Waals surface area contributed by atoms with Crippen molar-refractivity contribution in [2.24, 2.45) is 0 Å². The summed E-state index contributed by atoms with van der Waals surface area (Å²) in [4.78, 5) is 0. The third kappa shape index (κ3) is 2.28. The Morgan fingerprint density at radius 1 is 1.44 bits per heavy atom. The van der Waals surface area contributed by atoms with Gasteiger partial charge in [-0.25, -0.2) is 0 Å². The number of fused-ring (bicyclic) bond motifs is 1. The molecule has 0 fully saturated rings. The van der Waals surface area contributed by atoms with Gasteiger partial charge in [-0.2, -0.15) is 5.10 Å². The second kappa shape index (κ2) is 5.12. The van der Waals surface area contributed by atoms with Crippen molar-refractivity contribution in [2.75, 3.05) is 6.61 Å². The number of benzene rings is 1. The largest absolute Gasteiger partial charge is 0.492 e. The van der Waals surface area contributed by atoms with Crippen LogP contribution in [-0.4, -0.2) is 16.8 Å². The van der Waals surface area contributed by atoms with Gasteiger partial charge in [0.1, 0.15) is 5.75 Å². The van der Waals surface area contributed by atoms with E-state index in [1.54, 1.807) is 6.20 Å². The number of aromatic nitrogens is 2. The molecule has 0 unspecified atom stereocenters. The van der Waals surface area contributed by atoms with E-state index in [0.29, 0.717) is 6.04 Å². The van der Waals surface area contributed by atoms with Gasteiger partial charge in [0.15, 0.2) is 0 Å². The van der Waals surface area contributed by atoms with E-state index in [9.17, 15) is 0 Å². The Balaban J connectivity index is 1.77. The Morgan fingerprint density at radius 2 is 2.39 bits per heavy atom. The van der Waals surface area contributed by atoms with Gasteiger partial charge in [0.05, 0.1) is 11.1 Å². The zero-order valence-electron chi connectivity index (χ0n) is 9.82. The summed E-state index contributed by atoms with van der Waals surface area (Å²) in [6, 6.07) is 8.48. The van der Waals surface area contributed by atoms with Crippen molar-refractivity contribution < 1.29 is 4.74 Å².